The van der Waals surface area contributed by atoms with E-state index in [1.807, 2.05) is 0 Å². The summed E-state index contributed by atoms with van der Waals surface area (Å²) in [5.74, 6) is 2.19. The van der Waals surface area contributed by atoms with E-state index in [4.69, 9.17) is 0 Å². The Bertz CT molecular complexity index is 2600. The predicted molar refractivity (Wildman–Crippen MR) is 305 cm³/mol. The maximum atomic E-state index is 2.61. The van der Waals surface area contributed by atoms with Gasteiger partial charge in [0.05, 0.1) is 0 Å². The third-order valence-electron chi connectivity index (χ3n) is 17.5. The summed E-state index contributed by atoms with van der Waals surface area (Å²) in [4.78, 5) is 0. The van der Waals surface area contributed by atoms with Crippen molar-refractivity contribution in [3.8, 4) is 0 Å². The molecule has 70 heavy (non-hydrogen) atoms. The van der Waals surface area contributed by atoms with E-state index in [2.05, 4.69) is 275 Å². The number of rotatable bonds is 21. The van der Waals surface area contributed by atoms with Gasteiger partial charge in [0.1, 0.15) is 0 Å². The Morgan fingerprint density at radius 1 is 0.443 bits per heavy atom. The van der Waals surface area contributed by atoms with Crippen molar-refractivity contribution in [2.45, 2.75) is 153 Å². The molecule has 356 valence electrons. The van der Waals surface area contributed by atoms with Crippen LogP contribution in [0.4, 0.5) is 0 Å². The van der Waals surface area contributed by atoms with Gasteiger partial charge in [-0.25, -0.2) is 0 Å². The molecule has 0 saturated carbocycles. The molecular weight excluding hydrogens is 831 g/mol. The molecule has 6 aromatic rings. The van der Waals surface area contributed by atoms with Crippen LogP contribution >= 0.6 is 0 Å². The zero-order valence-electron chi connectivity index (χ0n) is 45.8. The first-order chi connectivity index (χ1) is 33.5. The fourth-order valence-electron chi connectivity index (χ4n) is 12.5. The van der Waals surface area contributed by atoms with Gasteiger partial charge in [-0.1, -0.05) is 82.0 Å². The molecule has 2 bridgehead atoms. The molecule has 0 aromatic heterocycles. The molecule has 8 unspecified atom stereocenters. The molecule has 0 nitrogen and oxygen atoms in total. The summed E-state index contributed by atoms with van der Waals surface area (Å²) in [5.41, 5.74) is 17.6. The van der Waals surface area contributed by atoms with Gasteiger partial charge in [0.25, 0.3) is 0 Å². The normalized spacial score (nSPS) is 20.4. The summed E-state index contributed by atoms with van der Waals surface area (Å²) < 4.78 is -0.239. The first kappa shape index (κ1) is 53.8. The van der Waals surface area contributed by atoms with Crippen LogP contribution in [-0.2, 0) is 19.0 Å². The Kier molecular flexibility index (Phi) is 17.9. The van der Waals surface area contributed by atoms with Crippen molar-refractivity contribution >= 4 is 35.4 Å². The van der Waals surface area contributed by atoms with E-state index in [1.165, 1.54) is 73.2 Å². The molecule has 6 aromatic carbocycles. The minimum atomic E-state index is -0.276. The van der Waals surface area contributed by atoms with E-state index < -0.39 is 0 Å². The SMILES string of the molecule is [Li][C](CC(C)CC)(c1ccc(C)cc1)c1cccc([C]([Li])(CC(C)CCC=CC=C2C(CC(C)CC)(c3ccc(C)cc3)c3cccc(c3)C2(CC(C)CC)c2ccc(C)cc2)c2ccc(C)cc2)c1. The number of benzene rings is 6. The third kappa shape index (κ3) is 11.3. The second kappa shape index (κ2) is 23.3. The standard InChI is InChI=1S/C68H82.2Li/c1-12-48(4)42-64(56-34-26-51(7)27-35-56)58-21-18-22-59(44-58)65(57-36-28-52(8)29-37-57)43-55(11)20-16-15-17-25-66-67(46-49(5)13-2,60-38-30-53(9)31-39-60)62-23-19-24-63(45-62)68(66,47-50(6)14-3)61-40-32-54(10)33-41-61;;/h15,17-19,21-41,44-45,48-50,55H,12-14,16,20,42-43,46-47H2,1-11H3;;. The molecule has 0 N–H and O–H groups in total. The molecule has 2 heteroatoms. The Morgan fingerprint density at radius 2 is 0.829 bits per heavy atom. The average Bonchev–Trinajstić information content (AvgIpc) is 3.36. The van der Waals surface area contributed by atoms with Crippen molar-refractivity contribution in [1.82, 2.24) is 0 Å². The molecule has 8 atom stereocenters. The van der Waals surface area contributed by atoms with Crippen LogP contribution in [0.15, 0.2) is 169 Å². The van der Waals surface area contributed by atoms with Crippen molar-refractivity contribution < 1.29 is 0 Å². The first-order valence-electron chi connectivity index (χ1n) is 27.4. The molecule has 0 saturated heterocycles. The number of allylic oxidation sites excluding steroid dienone is 4. The summed E-state index contributed by atoms with van der Waals surface area (Å²) in [6.07, 6.45) is 17.6. The van der Waals surface area contributed by atoms with E-state index in [0.717, 1.165) is 51.4 Å². The average molecular weight is 913 g/mol. The number of hydrogen-bond acceptors (Lipinski definition) is 0. The first-order valence-corrected chi connectivity index (χ1v) is 27.4. The molecule has 0 fully saturated rings. The maximum absolute atomic E-state index is 2.61. The summed E-state index contributed by atoms with van der Waals surface area (Å²) in [7, 11) is 0. The van der Waals surface area contributed by atoms with Crippen LogP contribution in [0.25, 0.3) is 0 Å². The number of aryl methyl sites for hydroxylation is 4. The Hall–Kier alpha value is -4.01. The fraction of sp³-hybridized carbons (Fsp3) is 0.412. The van der Waals surface area contributed by atoms with Crippen LogP contribution in [0, 0.1) is 51.4 Å². The predicted octanol–water partition coefficient (Wildman–Crippen LogP) is 17.6. The minimum absolute atomic E-state index is 0.0875. The molecule has 0 aliphatic heterocycles. The van der Waals surface area contributed by atoms with Gasteiger partial charge in [0.2, 0.25) is 0 Å². The van der Waals surface area contributed by atoms with Gasteiger partial charge >= 0.3 is 352 Å². The van der Waals surface area contributed by atoms with Crippen LogP contribution < -0.4 is 0 Å². The molecule has 0 spiro atoms. The van der Waals surface area contributed by atoms with Crippen LogP contribution in [0.5, 0.6) is 0 Å². The topological polar surface area (TPSA) is 0 Å². The van der Waals surface area contributed by atoms with E-state index >= 15 is 0 Å². The summed E-state index contributed by atoms with van der Waals surface area (Å²) >= 11 is 5.01. The second-order valence-electron chi connectivity index (χ2n) is 23.1. The Balaban J connectivity index is 1.28. The van der Waals surface area contributed by atoms with Gasteiger partial charge in [-0.3, -0.25) is 0 Å². The van der Waals surface area contributed by atoms with Gasteiger partial charge < -0.3 is 0 Å². The summed E-state index contributed by atoms with van der Waals surface area (Å²) in [5, 5.41) is 0. The van der Waals surface area contributed by atoms with Crippen molar-refractivity contribution in [2.24, 2.45) is 23.7 Å². The van der Waals surface area contributed by atoms with Gasteiger partial charge in [-0.2, -0.15) is 0 Å². The van der Waals surface area contributed by atoms with Crippen molar-refractivity contribution in [3.05, 3.63) is 236 Å². The second-order valence-corrected chi connectivity index (χ2v) is 23.1. The number of fused-ring (bicyclic) bond motifs is 2. The molecular formula is C68H82Li2. The molecule has 1 aliphatic carbocycles. The molecule has 0 amide bonds. The molecule has 7 rings (SSSR count). The van der Waals surface area contributed by atoms with E-state index in [1.54, 1.807) is 5.57 Å². The third-order valence-corrected chi connectivity index (χ3v) is 17.5. The summed E-state index contributed by atoms with van der Waals surface area (Å²) in [6.45, 7) is 25.8. The zero-order valence-corrected chi connectivity index (χ0v) is 45.8. The van der Waals surface area contributed by atoms with Crippen molar-refractivity contribution in [2.75, 3.05) is 0 Å². The van der Waals surface area contributed by atoms with Gasteiger partial charge in [0, 0.05) is 0 Å². The quantitative estimate of drug-likeness (QED) is 0.0631. The van der Waals surface area contributed by atoms with E-state index in [-0.39, 0.29) is 19.0 Å². The Labute approximate surface area is 445 Å². The van der Waals surface area contributed by atoms with Crippen LogP contribution in [0.3, 0.4) is 0 Å². The van der Waals surface area contributed by atoms with Gasteiger partial charge in [0.15, 0.2) is 0 Å². The van der Waals surface area contributed by atoms with Crippen LogP contribution in [0.1, 0.15) is 173 Å². The van der Waals surface area contributed by atoms with E-state index in [0.29, 0.717) is 23.7 Å². The van der Waals surface area contributed by atoms with E-state index in [9.17, 15) is 0 Å². The monoisotopic (exact) mass is 913 g/mol. The van der Waals surface area contributed by atoms with Gasteiger partial charge in [-0.05, 0) is 13.8 Å². The molecule has 0 heterocycles. The van der Waals surface area contributed by atoms with Crippen molar-refractivity contribution in [3.63, 3.8) is 0 Å². The number of hydrogen-bond donors (Lipinski definition) is 0. The van der Waals surface area contributed by atoms with Crippen LogP contribution in [-0.4, -0.2) is 35.4 Å². The fourth-order valence-corrected chi connectivity index (χ4v) is 12.5. The molecule has 0 radical (unpaired) electrons. The Morgan fingerprint density at radius 3 is 1.24 bits per heavy atom. The van der Waals surface area contributed by atoms with Gasteiger partial charge in [-0.15, -0.1) is 0 Å². The van der Waals surface area contributed by atoms with Crippen molar-refractivity contribution in [1.29, 1.82) is 0 Å². The zero-order chi connectivity index (χ0) is 50.3. The molecule has 1 aliphatic rings. The summed E-state index contributed by atoms with van der Waals surface area (Å²) in [6, 6.07) is 57.5. The van der Waals surface area contributed by atoms with Crippen LogP contribution in [0.2, 0.25) is 0 Å².